The number of ketones is 1. The molecule has 27 heavy (non-hydrogen) atoms. The summed E-state index contributed by atoms with van der Waals surface area (Å²) < 4.78 is 11.5. The highest BCUT2D eigenvalue weighted by atomic mass is 16.5. The SMILES string of the molecule is CCCCc1cc(=O)oc2cc(C)cc(O[C@@H](C)C(=O)c3ccccc3)c12. The molecule has 0 bridgehead atoms. The number of hydrogen-bond acceptors (Lipinski definition) is 4. The van der Waals surface area contributed by atoms with E-state index >= 15 is 0 Å². The van der Waals surface area contributed by atoms with E-state index in [2.05, 4.69) is 6.92 Å². The zero-order chi connectivity index (χ0) is 19.4. The first-order chi connectivity index (χ1) is 13.0. The van der Waals surface area contributed by atoms with Gasteiger partial charge in [-0.2, -0.15) is 0 Å². The van der Waals surface area contributed by atoms with Gasteiger partial charge in [-0.05, 0) is 49.9 Å². The maximum Gasteiger partial charge on any atom is 0.336 e. The predicted molar refractivity (Wildman–Crippen MR) is 107 cm³/mol. The van der Waals surface area contributed by atoms with E-state index in [-0.39, 0.29) is 11.4 Å². The summed E-state index contributed by atoms with van der Waals surface area (Å²) in [4.78, 5) is 24.6. The van der Waals surface area contributed by atoms with Gasteiger partial charge in [-0.1, -0.05) is 43.7 Å². The largest absolute Gasteiger partial charge is 0.482 e. The van der Waals surface area contributed by atoms with Crippen LogP contribution >= 0.6 is 0 Å². The second-order valence-corrected chi connectivity index (χ2v) is 6.82. The lowest BCUT2D eigenvalue weighted by atomic mass is 10.0. The first-order valence-electron chi connectivity index (χ1n) is 9.33. The molecule has 0 amide bonds. The molecule has 0 saturated heterocycles. The monoisotopic (exact) mass is 364 g/mol. The number of unbranched alkanes of at least 4 members (excludes halogenated alkanes) is 1. The number of ether oxygens (including phenoxy) is 1. The minimum atomic E-state index is -0.650. The fraction of sp³-hybridized carbons (Fsp3) is 0.304. The van der Waals surface area contributed by atoms with Crippen molar-refractivity contribution in [3.63, 3.8) is 0 Å². The maximum atomic E-state index is 12.7. The molecular formula is C23H24O4. The molecule has 0 fully saturated rings. The number of carbonyl (C=O) groups is 1. The van der Waals surface area contributed by atoms with Crippen LogP contribution in [0.2, 0.25) is 0 Å². The Labute approximate surface area is 158 Å². The van der Waals surface area contributed by atoms with Crippen molar-refractivity contribution in [3.8, 4) is 5.75 Å². The normalized spacial score (nSPS) is 12.1. The van der Waals surface area contributed by atoms with Crippen LogP contribution in [0.4, 0.5) is 0 Å². The highest BCUT2D eigenvalue weighted by Gasteiger charge is 2.20. The lowest BCUT2D eigenvalue weighted by Gasteiger charge is -2.17. The summed E-state index contributed by atoms with van der Waals surface area (Å²) in [7, 11) is 0. The van der Waals surface area contributed by atoms with Crippen molar-refractivity contribution < 1.29 is 13.9 Å². The van der Waals surface area contributed by atoms with E-state index in [1.54, 1.807) is 19.1 Å². The van der Waals surface area contributed by atoms with Gasteiger partial charge in [-0.25, -0.2) is 4.79 Å². The number of carbonyl (C=O) groups excluding carboxylic acids is 1. The smallest absolute Gasteiger partial charge is 0.336 e. The molecule has 4 heteroatoms. The Kier molecular flexibility index (Phi) is 5.75. The summed E-state index contributed by atoms with van der Waals surface area (Å²) in [5, 5.41) is 0.779. The third-order valence-corrected chi connectivity index (χ3v) is 4.57. The fourth-order valence-electron chi connectivity index (χ4n) is 3.21. The van der Waals surface area contributed by atoms with Crippen molar-refractivity contribution >= 4 is 16.8 Å². The van der Waals surface area contributed by atoms with E-state index in [0.29, 0.717) is 16.9 Å². The second kappa shape index (κ2) is 8.21. The van der Waals surface area contributed by atoms with Crippen LogP contribution in [0.3, 0.4) is 0 Å². The molecule has 4 nitrogen and oxygen atoms in total. The molecule has 1 aromatic heterocycles. The molecule has 0 aliphatic heterocycles. The highest BCUT2D eigenvalue weighted by Crippen LogP contribution is 2.31. The van der Waals surface area contributed by atoms with Gasteiger partial charge in [0.15, 0.2) is 6.10 Å². The first kappa shape index (κ1) is 18.9. The summed E-state index contributed by atoms with van der Waals surface area (Å²) in [6, 6.07) is 14.4. The Bertz CT molecular complexity index is 1000. The van der Waals surface area contributed by atoms with Crippen molar-refractivity contribution in [1.29, 1.82) is 0 Å². The molecule has 1 atom stereocenters. The summed E-state index contributed by atoms with van der Waals surface area (Å²) in [5.74, 6) is 0.495. The van der Waals surface area contributed by atoms with E-state index in [1.165, 1.54) is 6.07 Å². The number of hydrogen-bond donors (Lipinski definition) is 0. The summed E-state index contributed by atoms with van der Waals surface area (Å²) in [6.07, 6.45) is 2.10. The fourth-order valence-corrected chi connectivity index (χ4v) is 3.21. The van der Waals surface area contributed by atoms with Crippen molar-refractivity contribution in [3.05, 3.63) is 75.6 Å². The Morgan fingerprint density at radius 3 is 2.59 bits per heavy atom. The molecular weight excluding hydrogens is 340 g/mol. The van der Waals surface area contributed by atoms with Crippen LogP contribution < -0.4 is 10.4 Å². The minimum Gasteiger partial charge on any atom is -0.482 e. The lowest BCUT2D eigenvalue weighted by Crippen LogP contribution is -2.24. The molecule has 0 unspecified atom stereocenters. The molecule has 2 aromatic carbocycles. The number of rotatable bonds is 7. The van der Waals surface area contributed by atoms with Gasteiger partial charge in [0, 0.05) is 11.6 Å². The van der Waals surface area contributed by atoms with Gasteiger partial charge in [0.1, 0.15) is 11.3 Å². The molecule has 1 heterocycles. The van der Waals surface area contributed by atoms with Gasteiger partial charge in [0.05, 0.1) is 5.39 Å². The van der Waals surface area contributed by atoms with Gasteiger partial charge < -0.3 is 9.15 Å². The van der Waals surface area contributed by atoms with Gasteiger partial charge in [-0.15, -0.1) is 0 Å². The van der Waals surface area contributed by atoms with Gasteiger partial charge >= 0.3 is 5.63 Å². The molecule has 140 valence electrons. The third kappa shape index (κ3) is 4.27. The molecule has 0 radical (unpaired) electrons. The van der Waals surface area contributed by atoms with E-state index in [0.717, 1.165) is 35.8 Å². The van der Waals surface area contributed by atoms with Crippen LogP contribution in [-0.2, 0) is 6.42 Å². The second-order valence-electron chi connectivity index (χ2n) is 6.82. The summed E-state index contributed by atoms with van der Waals surface area (Å²) >= 11 is 0. The number of fused-ring (bicyclic) bond motifs is 1. The summed E-state index contributed by atoms with van der Waals surface area (Å²) in [6.45, 7) is 5.76. The van der Waals surface area contributed by atoms with Gasteiger partial charge in [0.2, 0.25) is 5.78 Å². The van der Waals surface area contributed by atoms with E-state index < -0.39 is 6.10 Å². The zero-order valence-corrected chi connectivity index (χ0v) is 16.0. The van der Waals surface area contributed by atoms with Crippen LogP contribution in [0.15, 0.2) is 57.7 Å². The quantitative estimate of drug-likeness (QED) is 0.433. The van der Waals surface area contributed by atoms with Crippen molar-refractivity contribution in [1.82, 2.24) is 0 Å². The Morgan fingerprint density at radius 1 is 1.15 bits per heavy atom. The molecule has 0 aliphatic rings. The standard InChI is InChI=1S/C23H24O4/c1-4-5-9-18-14-21(24)27-20-13-15(2)12-19(22(18)20)26-16(3)23(25)17-10-7-6-8-11-17/h6-8,10-14,16H,4-5,9H2,1-3H3/t16-/m0/s1. The topological polar surface area (TPSA) is 56.5 Å². The zero-order valence-electron chi connectivity index (χ0n) is 16.0. The number of benzene rings is 2. The third-order valence-electron chi connectivity index (χ3n) is 4.57. The van der Waals surface area contributed by atoms with E-state index in [4.69, 9.17) is 9.15 Å². The highest BCUT2D eigenvalue weighted by molar-refractivity contribution is 5.99. The van der Waals surface area contributed by atoms with Crippen LogP contribution in [0.25, 0.3) is 11.0 Å². The average molecular weight is 364 g/mol. The average Bonchev–Trinajstić information content (AvgIpc) is 2.65. The molecule has 0 spiro atoms. The molecule has 0 N–H and O–H groups in total. The van der Waals surface area contributed by atoms with E-state index in [1.807, 2.05) is 37.3 Å². The molecule has 0 saturated carbocycles. The number of aryl methyl sites for hydroxylation is 2. The Hall–Kier alpha value is -2.88. The van der Waals surface area contributed by atoms with Crippen LogP contribution in [-0.4, -0.2) is 11.9 Å². The maximum absolute atomic E-state index is 12.7. The molecule has 3 aromatic rings. The summed E-state index contributed by atoms with van der Waals surface area (Å²) in [5.41, 5.74) is 2.56. The lowest BCUT2D eigenvalue weighted by molar-refractivity contribution is 0.0820. The Morgan fingerprint density at radius 2 is 1.89 bits per heavy atom. The van der Waals surface area contributed by atoms with E-state index in [9.17, 15) is 9.59 Å². The first-order valence-corrected chi connectivity index (χ1v) is 9.33. The van der Waals surface area contributed by atoms with Gasteiger partial charge in [0.25, 0.3) is 0 Å². The van der Waals surface area contributed by atoms with Gasteiger partial charge in [-0.3, -0.25) is 4.79 Å². The van der Waals surface area contributed by atoms with Crippen LogP contribution in [0, 0.1) is 6.92 Å². The van der Waals surface area contributed by atoms with Crippen LogP contribution in [0.1, 0.15) is 48.2 Å². The predicted octanol–water partition coefficient (Wildman–Crippen LogP) is 5.09. The van der Waals surface area contributed by atoms with Crippen LogP contribution in [0.5, 0.6) is 5.75 Å². The van der Waals surface area contributed by atoms with Crippen molar-refractivity contribution in [2.45, 2.75) is 46.1 Å². The molecule has 3 rings (SSSR count). The minimum absolute atomic E-state index is 0.0854. The van der Waals surface area contributed by atoms with Crippen molar-refractivity contribution in [2.24, 2.45) is 0 Å². The number of Topliss-reactive ketones (excluding diaryl/α,β-unsaturated/α-hetero) is 1. The van der Waals surface area contributed by atoms with Crippen molar-refractivity contribution in [2.75, 3.05) is 0 Å². The molecule has 0 aliphatic carbocycles. The Balaban J connectivity index is 2.02.